The summed E-state index contributed by atoms with van der Waals surface area (Å²) < 4.78 is 32.1. The Labute approximate surface area is 161 Å². The van der Waals surface area contributed by atoms with Crippen LogP contribution in [0.25, 0.3) is 0 Å². The van der Waals surface area contributed by atoms with Gasteiger partial charge in [0, 0.05) is 5.69 Å². The second-order valence-electron chi connectivity index (χ2n) is 7.27. The number of nitrogens with one attached hydrogen (secondary N) is 2. The van der Waals surface area contributed by atoms with Crippen molar-refractivity contribution < 1.29 is 17.9 Å². The number of carbonyl (C=O) groups is 1. The summed E-state index contributed by atoms with van der Waals surface area (Å²) in [4.78, 5) is 12.4. The van der Waals surface area contributed by atoms with E-state index in [4.69, 9.17) is 4.74 Å². The molecule has 0 fully saturated rings. The van der Waals surface area contributed by atoms with Gasteiger partial charge >= 0.3 is 0 Å². The number of sulfonamides is 1. The maximum absolute atomic E-state index is 12.3. The lowest BCUT2D eigenvalue weighted by Crippen LogP contribution is -2.23. The lowest BCUT2D eigenvalue weighted by atomic mass is 9.86. The van der Waals surface area contributed by atoms with Gasteiger partial charge in [-0.3, -0.25) is 4.79 Å². The number of aryl methyl sites for hydroxylation is 1. The van der Waals surface area contributed by atoms with Crippen molar-refractivity contribution >= 4 is 21.6 Å². The summed E-state index contributed by atoms with van der Waals surface area (Å²) in [5, 5.41) is 2.68. The standard InChI is InChI=1S/C20H26N2O4S/c1-14-10-11-15(12-18(14)27(24,25)21-5)22-19(23)13-26-17-9-7-6-8-16(17)20(2,3)4/h6-12,21H,13H2,1-5H3,(H,22,23). The summed E-state index contributed by atoms with van der Waals surface area (Å²) in [6, 6.07) is 12.3. The number of carbonyl (C=O) groups excluding carboxylic acids is 1. The van der Waals surface area contributed by atoms with Gasteiger partial charge in [-0.25, -0.2) is 13.1 Å². The van der Waals surface area contributed by atoms with Gasteiger partial charge in [-0.15, -0.1) is 0 Å². The number of benzene rings is 2. The lowest BCUT2D eigenvalue weighted by molar-refractivity contribution is -0.118. The molecular weight excluding hydrogens is 364 g/mol. The van der Waals surface area contributed by atoms with Crippen LogP contribution >= 0.6 is 0 Å². The zero-order chi connectivity index (χ0) is 20.2. The molecule has 1 amide bonds. The van der Waals surface area contributed by atoms with Crippen LogP contribution in [0.2, 0.25) is 0 Å². The molecule has 0 aliphatic carbocycles. The maximum Gasteiger partial charge on any atom is 0.262 e. The molecule has 0 aliphatic rings. The van der Waals surface area contributed by atoms with E-state index in [1.54, 1.807) is 19.1 Å². The maximum atomic E-state index is 12.3. The molecular formula is C20H26N2O4S. The lowest BCUT2D eigenvalue weighted by Gasteiger charge is -2.22. The summed E-state index contributed by atoms with van der Waals surface area (Å²) in [6.07, 6.45) is 0. The van der Waals surface area contributed by atoms with Crippen molar-refractivity contribution in [2.75, 3.05) is 19.0 Å². The molecule has 0 saturated heterocycles. The molecule has 0 heterocycles. The molecule has 2 N–H and O–H groups in total. The van der Waals surface area contributed by atoms with Gasteiger partial charge in [-0.2, -0.15) is 0 Å². The molecule has 0 aliphatic heterocycles. The average molecular weight is 391 g/mol. The van der Waals surface area contributed by atoms with E-state index in [1.165, 1.54) is 13.1 Å². The quantitative estimate of drug-likeness (QED) is 0.793. The molecule has 2 aromatic carbocycles. The second kappa shape index (κ2) is 8.10. The number of ether oxygens (including phenoxy) is 1. The number of para-hydroxylation sites is 1. The predicted octanol–water partition coefficient (Wildman–Crippen LogP) is 3.22. The Kier molecular flexibility index (Phi) is 6.28. The SMILES string of the molecule is CNS(=O)(=O)c1cc(NC(=O)COc2ccccc2C(C)(C)C)ccc1C. The molecule has 0 aromatic heterocycles. The zero-order valence-corrected chi connectivity index (χ0v) is 17.1. The molecule has 146 valence electrons. The van der Waals surface area contributed by atoms with E-state index in [0.717, 1.165) is 5.56 Å². The highest BCUT2D eigenvalue weighted by atomic mass is 32.2. The van der Waals surface area contributed by atoms with Crippen LogP contribution in [0.3, 0.4) is 0 Å². The Hall–Kier alpha value is -2.38. The van der Waals surface area contributed by atoms with Crippen LogP contribution in [0.1, 0.15) is 31.9 Å². The molecule has 27 heavy (non-hydrogen) atoms. The van der Waals surface area contributed by atoms with E-state index < -0.39 is 10.0 Å². The summed E-state index contributed by atoms with van der Waals surface area (Å²) in [7, 11) is -2.25. The van der Waals surface area contributed by atoms with E-state index in [1.807, 2.05) is 24.3 Å². The Morgan fingerprint density at radius 3 is 2.41 bits per heavy atom. The van der Waals surface area contributed by atoms with Crippen molar-refractivity contribution in [3.05, 3.63) is 53.6 Å². The first-order valence-corrected chi connectivity index (χ1v) is 10.1. The Morgan fingerprint density at radius 1 is 1.11 bits per heavy atom. The van der Waals surface area contributed by atoms with Gasteiger partial charge in [-0.05, 0) is 48.7 Å². The molecule has 0 bridgehead atoms. The van der Waals surface area contributed by atoms with Gasteiger partial charge in [0.05, 0.1) is 4.90 Å². The number of hydrogen-bond donors (Lipinski definition) is 2. The minimum Gasteiger partial charge on any atom is -0.483 e. The molecule has 0 radical (unpaired) electrons. The third-order valence-electron chi connectivity index (χ3n) is 4.08. The van der Waals surface area contributed by atoms with Crippen molar-refractivity contribution in [2.45, 2.75) is 38.0 Å². The van der Waals surface area contributed by atoms with Crippen molar-refractivity contribution in [3.63, 3.8) is 0 Å². The van der Waals surface area contributed by atoms with E-state index in [2.05, 4.69) is 30.8 Å². The summed E-state index contributed by atoms with van der Waals surface area (Å²) in [5.41, 5.74) is 1.89. The van der Waals surface area contributed by atoms with Gasteiger partial charge < -0.3 is 10.1 Å². The fourth-order valence-corrected chi connectivity index (χ4v) is 3.62. The van der Waals surface area contributed by atoms with Crippen LogP contribution in [0.5, 0.6) is 5.75 Å². The smallest absolute Gasteiger partial charge is 0.262 e. The Bertz CT molecular complexity index is 931. The molecule has 2 aromatic rings. The highest BCUT2D eigenvalue weighted by Gasteiger charge is 2.19. The van der Waals surface area contributed by atoms with Crippen LogP contribution in [-0.2, 0) is 20.2 Å². The monoisotopic (exact) mass is 390 g/mol. The summed E-state index contributed by atoms with van der Waals surface area (Å²) in [6.45, 7) is 7.75. The average Bonchev–Trinajstić information content (AvgIpc) is 2.61. The van der Waals surface area contributed by atoms with Crippen molar-refractivity contribution in [1.29, 1.82) is 0 Å². The first-order valence-electron chi connectivity index (χ1n) is 8.61. The first kappa shape index (κ1) is 20.9. The van der Waals surface area contributed by atoms with E-state index >= 15 is 0 Å². The fourth-order valence-electron chi connectivity index (χ4n) is 2.63. The fraction of sp³-hybridized carbons (Fsp3) is 0.350. The van der Waals surface area contributed by atoms with Crippen LogP contribution in [-0.4, -0.2) is 28.0 Å². The van der Waals surface area contributed by atoms with E-state index in [9.17, 15) is 13.2 Å². The topological polar surface area (TPSA) is 84.5 Å². The van der Waals surface area contributed by atoms with Gasteiger partial charge in [0.15, 0.2) is 6.61 Å². The third-order valence-corrected chi connectivity index (χ3v) is 5.64. The van der Waals surface area contributed by atoms with Gasteiger partial charge in [0.25, 0.3) is 5.91 Å². The molecule has 0 atom stereocenters. The third kappa shape index (κ3) is 5.30. The van der Waals surface area contributed by atoms with Gasteiger partial charge in [-0.1, -0.05) is 45.0 Å². The summed E-state index contributed by atoms with van der Waals surface area (Å²) >= 11 is 0. The zero-order valence-electron chi connectivity index (χ0n) is 16.3. The van der Waals surface area contributed by atoms with Gasteiger partial charge in [0.1, 0.15) is 5.75 Å². The van der Waals surface area contributed by atoms with E-state index in [-0.39, 0.29) is 22.8 Å². The number of amides is 1. The highest BCUT2D eigenvalue weighted by molar-refractivity contribution is 7.89. The van der Waals surface area contributed by atoms with Crippen molar-refractivity contribution in [1.82, 2.24) is 4.72 Å². The Morgan fingerprint density at radius 2 is 1.78 bits per heavy atom. The predicted molar refractivity (Wildman–Crippen MR) is 107 cm³/mol. The number of rotatable bonds is 6. The van der Waals surface area contributed by atoms with Crippen molar-refractivity contribution in [2.24, 2.45) is 0 Å². The van der Waals surface area contributed by atoms with Crippen LogP contribution in [0, 0.1) is 6.92 Å². The van der Waals surface area contributed by atoms with Crippen molar-refractivity contribution in [3.8, 4) is 5.75 Å². The van der Waals surface area contributed by atoms with Crippen LogP contribution in [0.4, 0.5) is 5.69 Å². The van der Waals surface area contributed by atoms with Crippen LogP contribution in [0.15, 0.2) is 47.4 Å². The first-order chi connectivity index (χ1) is 12.5. The van der Waals surface area contributed by atoms with E-state index in [0.29, 0.717) is 17.0 Å². The Balaban J connectivity index is 2.11. The molecule has 6 nitrogen and oxygen atoms in total. The molecule has 0 unspecified atom stereocenters. The molecule has 7 heteroatoms. The summed E-state index contributed by atoms with van der Waals surface area (Å²) in [5.74, 6) is 0.290. The molecule has 0 spiro atoms. The minimum absolute atomic E-state index is 0.111. The van der Waals surface area contributed by atoms with Gasteiger partial charge in [0.2, 0.25) is 10.0 Å². The highest BCUT2D eigenvalue weighted by Crippen LogP contribution is 2.30. The molecule has 0 saturated carbocycles. The number of hydrogen-bond acceptors (Lipinski definition) is 4. The molecule has 2 rings (SSSR count). The van der Waals surface area contributed by atoms with Crippen LogP contribution < -0.4 is 14.8 Å². The minimum atomic E-state index is -3.60. The second-order valence-corrected chi connectivity index (χ2v) is 9.13. The normalized spacial score (nSPS) is 11.9. The number of anilines is 1. The largest absolute Gasteiger partial charge is 0.483 e.